The second-order valence-corrected chi connectivity index (χ2v) is 8.22. The zero-order valence-electron chi connectivity index (χ0n) is 18.1. The number of nitrogens with zero attached hydrogens (tertiary/aromatic N) is 2. The number of nitro groups is 1. The van der Waals surface area contributed by atoms with Crippen molar-refractivity contribution in [1.82, 2.24) is 0 Å². The average Bonchev–Trinajstić information content (AvgIpc) is 2.83. The van der Waals surface area contributed by atoms with Crippen LogP contribution in [-0.4, -0.2) is 17.9 Å². The van der Waals surface area contributed by atoms with Gasteiger partial charge in [-0.2, -0.15) is 5.26 Å². The summed E-state index contributed by atoms with van der Waals surface area (Å²) in [5, 5.41) is 23.0. The van der Waals surface area contributed by atoms with E-state index in [0.29, 0.717) is 21.3 Å². The van der Waals surface area contributed by atoms with Crippen LogP contribution in [0.3, 0.4) is 0 Å². The number of nitro benzene ring substituents is 1. The number of amides is 1. The molecule has 3 aromatic rings. The predicted molar refractivity (Wildman–Crippen MR) is 132 cm³/mol. The van der Waals surface area contributed by atoms with Gasteiger partial charge in [0.15, 0.2) is 11.5 Å². The van der Waals surface area contributed by atoms with Gasteiger partial charge in [0.25, 0.3) is 11.6 Å². The fourth-order valence-electron chi connectivity index (χ4n) is 2.96. The van der Waals surface area contributed by atoms with Crippen LogP contribution in [0.15, 0.2) is 64.6 Å². The van der Waals surface area contributed by atoms with Crippen molar-refractivity contribution >= 4 is 50.9 Å². The molecule has 0 fully saturated rings. The van der Waals surface area contributed by atoms with Crippen molar-refractivity contribution in [2.24, 2.45) is 0 Å². The molecule has 0 aromatic heterocycles. The molecule has 0 atom stereocenters. The van der Waals surface area contributed by atoms with Gasteiger partial charge in [-0.15, -0.1) is 0 Å². The summed E-state index contributed by atoms with van der Waals surface area (Å²) in [6.45, 7) is -0.0490. The highest BCUT2D eigenvalue weighted by Gasteiger charge is 2.17. The summed E-state index contributed by atoms with van der Waals surface area (Å²) in [6, 6.07) is 14.7. The number of nitrogens with one attached hydrogen (secondary N) is 1. The summed E-state index contributed by atoms with van der Waals surface area (Å²) in [6.07, 6.45) is 1.30. The molecule has 8 nitrogen and oxygen atoms in total. The third-order valence-electron chi connectivity index (χ3n) is 4.67. The highest BCUT2D eigenvalue weighted by molar-refractivity contribution is 9.10. The number of rotatable bonds is 8. The molecule has 0 aliphatic heterocycles. The van der Waals surface area contributed by atoms with Gasteiger partial charge in [0.05, 0.1) is 27.2 Å². The average molecular weight is 561 g/mol. The molecule has 1 amide bonds. The van der Waals surface area contributed by atoms with Gasteiger partial charge in [0.1, 0.15) is 24.1 Å². The highest BCUT2D eigenvalue weighted by Crippen LogP contribution is 2.38. The summed E-state index contributed by atoms with van der Waals surface area (Å²) in [5.41, 5.74) is 0.202. The standard InChI is InChI=1S/C24H16BrClFN3O5/c1-34-22-10-14(9-18(25)23(22)35-13-15-4-2-3-5-20(15)27)8-16(12-28)24(31)29-21-11-17(30(32)33)6-7-19(21)26/h2-11H,13H2,1H3,(H,29,31)/b16-8+. The van der Waals surface area contributed by atoms with Crippen molar-refractivity contribution in [3.05, 3.63) is 96.7 Å². The monoisotopic (exact) mass is 559 g/mol. The lowest BCUT2D eigenvalue weighted by Crippen LogP contribution is -2.14. The lowest BCUT2D eigenvalue weighted by molar-refractivity contribution is -0.384. The SMILES string of the molecule is COc1cc(/C=C(\C#N)C(=O)Nc2cc([N+](=O)[O-])ccc2Cl)cc(Br)c1OCc1ccccc1F. The van der Waals surface area contributed by atoms with Crippen LogP contribution in [0.2, 0.25) is 5.02 Å². The zero-order chi connectivity index (χ0) is 25.5. The van der Waals surface area contributed by atoms with E-state index in [4.69, 9.17) is 21.1 Å². The maximum Gasteiger partial charge on any atom is 0.271 e. The summed E-state index contributed by atoms with van der Waals surface area (Å²) in [7, 11) is 1.41. The van der Waals surface area contributed by atoms with E-state index >= 15 is 0 Å². The molecule has 0 aliphatic carbocycles. The van der Waals surface area contributed by atoms with Crippen molar-refractivity contribution in [1.29, 1.82) is 5.26 Å². The molecule has 11 heteroatoms. The first kappa shape index (κ1) is 25.7. The Morgan fingerprint density at radius 2 is 2.03 bits per heavy atom. The Morgan fingerprint density at radius 1 is 1.29 bits per heavy atom. The molecule has 178 valence electrons. The Morgan fingerprint density at radius 3 is 2.69 bits per heavy atom. The van der Waals surface area contributed by atoms with Crippen LogP contribution in [0, 0.1) is 27.3 Å². The third kappa shape index (κ3) is 6.35. The molecule has 0 unspecified atom stereocenters. The molecule has 0 aliphatic rings. The van der Waals surface area contributed by atoms with Crippen molar-refractivity contribution < 1.29 is 23.6 Å². The van der Waals surface area contributed by atoms with E-state index in [1.54, 1.807) is 30.3 Å². The van der Waals surface area contributed by atoms with Crippen molar-refractivity contribution in [2.45, 2.75) is 6.61 Å². The number of benzene rings is 3. The topological polar surface area (TPSA) is 114 Å². The van der Waals surface area contributed by atoms with E-state index in [1.165, 1.54) is 37.5 Å². The number of non-ortho nitro benzene ring substituents is 1. The van der Waals surface area contributed by atoms with Crippen LogP contribution in [0.25, 0.3) is 6.08 Å². The number of hydrogen-bond acceptors (Lipinski definition) is 6. The van der Waals surface area contributed by atoms with Crippen LogP contribution in [0.5, 0.6) is 11.5 Å². The van der Waals surface area contributed by atoms with E-state index in [2.05, 4.69) is 21.2 Å². The summed E-state index contributed by atoms with van der Waals surface area (Å²) in [5.74, 6) is -0.638. The van der Waals surface area contributed by atoms with Crippen molar-refractivity contribution in [3.8, 4) is 17.6 Å². The Hall–Kier alpha value is -3.94. The first-order valence-electron chi connectivity index (χ1n) is 9.84. The van der Waals surface area contributed by atoms with E-state index in [1.807, 2.05) is 0 Å². The number of hydrogen-bond donors (Lipinski definition) is 1. The quantitative estimate of drug-likeness (QED) is 0.150. The lowest BCUT2D eigenvalue weighted by Gasteiger charge is -2.14. The minimum absolute atomic E-state index is 0.0114. The van der Waals surface area contributed by atoms with E-state index < -0.39 is 16.6 Å². The maximum absolute atomic E-state index is 13.9. The molecule has 3 aromatic carbocycles. The maximum atomic E-state index is 13.9. The smallest absolute Gasteiger partial charge is 0.271 e. The molecule has 0 radical (unpaired) electrons. The van der Waals surface area contributed by atoms with Crippen LogP contribution in [0.4, 0.5) is 15.8 Å². The number of halogens is 3. The van der Waals surface area contributed by atoms with Gasteiger partial charge in [0.2, 0.25) is 0 Å². The zero-order valence-corrected chi connectivity index (χ0v) is 20.4. The fraction of sp³-hybridized carbons (Fsp3) is 0.0833. The Kier molecular flexibility index (Phi) is 8.41. The van der Waals surface area contributed by atoms with Gasteiger partial charge in [-0.25, -0.2) is 4.39 Å². The number of methoxy groups -OCH3 is 1. The molecule has 0 spiro atoms. The van der Waals surface area contributed by atoms with Crippen LogP contribution in [0.1, 0.15) is 11.1 Å². The van der Waals surface area contributed by atoms with Gasteiger partial charge in [-0.1, -0.05) is 29.8 Å². The number of anilines is 1. The molecule has 0 saturated heterocycles. The number of carbonyl (C=O) groups is 1. The Balaban J connectivity index is 1.85. The van der Waals surface area contributed by atoms with Gasteiger partial charge in [-0.3, -0.25) is 14.9 Å². The van der Waals surface area contributed by atoms with Crippen LogP contribution < -0.4 is 14.8 Å². The van der Waals surface area contributed by atoms with Crippen molar-refractivity contribution in [2.75, 3.05) is 12.4 Å². The molecule has 0 heterocycles. The normalized spacial score (nSPS) is 10.9. The molecular formula is C24H16BrClFN3O5. The molecule has 0 bridgehead atoms. The van der Waals surface area contributed by atoms with Gasteiger partial charge >= 0.3 is 0 Å². The van der Waals surface area contributed by atoms with E-state index in [9.17, 15) is 24.6 Å². The van der Waals surface area contributed by atoms with E-state index in [0.717, 1.165) is 6.07 Å². The first-order chi connectivity index (χ1) is 16.7. The molecule has 3 rings (SSSR count). The number of ether oxygens (including phenoxy) is 2. The van der Waals surface area contributed by atoms with Crippen LogP contribution in [-0.2, 0) is 11.4 Å². The van der Waals surface area contributed by atoms with Gasteiger partial charge in [-0.05, 0) is 51.8 Å². The van der Waals surface area contributed by atoms with Crippen LogP contribution >= 0.6 is 27.5 Å². The van der Waals surface area contributed by atoms with E-state index in [-0.39, 0.29) is 34.3 Å². The predicted octanol–water partition coefficient (Wildman–Crippen LogP) is 6.28. The lowest BCUT2D eigenvalue weighted by atomic mass is 10.1. The second-order valence-electron chi connectivity index (χ2n) is 6.96. The fourth-order valence-corrected chi connectivity index (χ4v) is 3.70. The highest BCUT2D eigenvalue weighted by atomic mass is 79.9. The Labute approximate surface area is 212 Å². The molecule has 1 N–H and O–H groups in total. The van der Waals surface area contributed by atoms with Crippen molar-refractivity contribution in [3.63, 3.8) is 0 Å². The third-order valence-corrected chi connectivity index (χ3v) is 5.59. The van der Waals surface area contributed by atoms with Gasteiger partial charge < -0.3 is 14.8 Å². The minimum Gasteiger partial charge on any atom is -0.493 e. The summed E-state index contributed by atoms with van der Waals surface area (Å²) < 4.78 is 25.4. The summed E-state index contributed by atoms with van der Waals surface area (Å²) >= 11 is 9.39. The minimum atomic E-state index is -0.815. The number of nitriles is 1. The largest absolute Gasteiger partial charge is 0.493 e. The molecule has 35 heavy (non-hydrogen) atoms. The first-order valence-corrected chi connectivity index (χ1v) is 11.0. The Bertz CT molecular complexity index is 1370. The number of carbonyl (C=O) groups excluding carboxylic acids is 1. The molecular weight excluding hydrogens is 545 g/mol. The molecule has 0 saturated carbocycles. The summed E-state index contributed by atoms with van der Waals surface area (Å²) in [4.78, 5) is 23.0. The second kappa shape index (κ2) is 11.5. The van der Waals surface area contributed by atoms with Gasteiger partial charge in [0, 0.05) is 17.7 Å².